The predicted octanol–water partition coefficient (Wildman–Crippen LogP) is 2.53. The van der Waals surface area contributed by atoms with Gasteiger partial charge in [0.25, 0.3) is 5.91 Å². The maximum absolute atomic E-state index is 13.0. The van der Waals surface area contributed by atoms with Crippen LogP contribution in [0.15, 0.2) is 41.1 Å². The minimum Gasteiger partial charge on any atom is -0.465 e. The van der Waals surface area contributed by atoms with Crippen molar-refractivity contribution >= 4 is 18.0 Å². The van der Waals surface area contributed by atoms with Crippen molar-refractivity contribution in [2.45, 2.75) is 13.3 Å². The van der Waals surface area contributed by atoms with Crippen LogP contribution >= 0.6 is 0 Å². The molecule has 1 aliphatic rings. The van der Waals surface area contributed by atoms with Crippen molar-refractivity contribution in [2.24, 2.45) is 0 Å². The Kier molecular flexibility index (Phi) is 5.87. The van der Waals surface area contributed by atoms with Gasteiger partial charge in [-0.1, -0.05) is 12.1 Å². The normalized spacial score (nSPS) is 16.2. The molecule has 0 fully saturated rings. The summed E-state index contributed by atoms with van der Waals surface area (Å²) >= 11 is 0. The fourth-order valence-electron chi connectivity index (χ4n) is 2.59. The van der Waals surface area contributed by atoms with Crippen LogP contribution in [0.25, 0.3) is 6.08 Å². The first-order valence-electron chi connectivity index (χ1n) is 7.57. The molecule has 0 radical (unpaired) electrons. The van der Waals surface area contributed by atoms with Gasteiger partial charge in [-0.05, 0) is 37.1 Å². The van der Waals surface area contributed by atoms with Crippen LogP contribution in [-0.2, 0) is 19.1 Å². The van der Waals surface area contributed by atoms with Gasteiger partial charge in [0.2, 0.25) is 0 Å². The Bertz CT molecular complexity index is 691. The van der Waals surface area contributed by atoms with Gasteiger partial charge in [0, 0.05) is 26.0 Å². The van der Waals surface area contributed by atoms with Gasteiger partial charge in [-0.15, -0.1) is 0 Å². The van der Waals surface area contributed by atoms with Crippen LogP contribution in [0.1, 0.15) is 18.9 Å². The second-order valence-corrected chi connectivity index (χ2v) is 5.36. The Morgan fingerprint density at radius 1 is 1.25 bits per heavy atom. The molecule has 0 atom stereocenters. The van der Waals surface area contributed by atoms with Crippen LogP contribution in [0.5, 0.6) is 0 Å². The summed E-state index contributed by atoms with van der Waals surface area (Å²) in [6.07, 6.45) is 2.23. The first-order chi connectivity index (χ1) is 11.5. The SMILES string of the molecule is COCCCN1C(=O)C(=Cc2ccc(F)cc2)C(C(=O)OC)=C1C. The van der Waals surface area contributed by atoms with Gasteiger partial charge in [-0.3, -0.25) is 4.79 Å². The van der Waals surface area contributed by atoms with Crippen LogP contribution in [0.4, 0.5) is 4.39 Å². The summed E-state index contributed by atoms with van der Waals surface area (Å²) in [5, 5.41) is 0. The molecule has 0 saturated heterocycles. The van der Waals surface area contributed by atoms with Gasteiger partial charge in [0.1, 0.15) is 5.82 Å². The highest BCUT2D eigenvalue weighted by molar-refractivity contribution is 6.16. The number of carbonyl (C=O) groups is 2. The van der Waals surface area contributed by atoms with Crippen LogP contribution in [-0.4, -0.2) is 44.1 Å². The summed E-state index contributed by atoms with van der Waals surface area (Å²) in [4.78, 5) is 26.4. The van der Waals surface area contributed by atoms with Crippen LogP contribution in [0.3, 0.4) is 0 Å². The van der Waals surface area contributed by atoms with Crippen LogP contribution < -0.4 is 0 Å². The molecule has 0 aliphatic carbocycles. The predicted molar refractivity (Wildman–Crippen MR) is 87.3 cm³/mol. The van der Waals surface area contributed by atoms with Gasteiger partial charge in [-0.2, -0.15) is 0 Å². The fourth-order valence-corrected chi connectivity index (χ4v) is 2.59. The number of rotatable bonds is 6. The number of benzene rings is 1. The molecular formula is C18H20FNO4. The maximum Gasteiger partial charge on any atom is 0.340 e. The van der Waals surface area contributed by atoms with E-state index in [0.717, 1.165) is 0 Å². The van der Waals surface area contributed by atoms with Gasteiger partial charge in [0.05, 0.1) is 18.3 Å². The molecule has 1 heterocycles. The molecule has 0 saturated carbocycles. The number of carbonyl (C=O) groups excluding carboxylic acids is 2. The number of hydrogen-bond acceptors (Lipinski definition) is 4. The molecule has 2 rings (SSSR count). The third-order valence-corrected chi connectivity index (χ3v) is 3.81. The van der Waals surface area contributed by atoms with Crippen LogP contribution in [0.2, 0.25) is 0 Å². The number of methoxy groups -OCH3 is 2. The average molecular weight is 333 g/mol. The first kappa shape index (κ1) is 17.9. The minimum atomic E-state index is -0.566. The number of amides is 1. The van der Waals surface area contributed by atoms with E-state index in [0.29, 0.717) is 30.8 Å². The molecule has 1 amide bonds. The largest absolute Gasteiger partial charge is 0.465 e. The number of halogens is 1. The molecule has 1 aliphatic heterocycles. The molecule has 0 N–H and O–H groups in total. The third kappa shape index (κ3) is 3.71. The zero-order chi connectivity index (χ0) is 17.7. The van der Waals surface area contributed by atoms with E-state index in [2.05, 4.69) is 0 Å². The zero-order valence-electron chi connectivity index (χ0n) is 14.0. The van der Waals surface area contributed by atoms with E-state index in [1.54, 1.807) is 37.1 Å². The molecule has 24 heavy (non-hydrogen) atoms. The number of nitrogens with zero attached hydrogens (tertiary/aromatic N) is 1. The third-order valence-electron chi connectivity index (χ3n) is 3.81. The minimum absolute atomic E-state index is 0.240. The quantitative estimate of drug-likeness (QED) is 0.456. The zero-order valence-corrected chi connectivity index (χ0v) is 14.0. The monoisotopic (exact) mass is 333 g/mol. The van der Waals surface area contributed by atoms with E-state index in [1.165, 1.54) is 19.2 Å². The van der Waals surface area contributed by atoms with E-state index in [1.807, 2.05) is 0 Å². The highest BCUT2D eigenvalue weighted by Crippen LogP contribution is 2.31. The molecule has 5 nitrogen and oxygen atoms in total. The van der Waals surface area contributed by atoms with E-state index < -0.39 is 5.97 Å². The summed E-state index contributed by atoms with van der Waals surface area (Å²) in [5.41, 5.74) is 1.68. The Hall–Kier alpha value is -2.47. The number of allylic oxidation sites excluding steroid dienone is 1. The molecule has 0 spiro atoms. The van der Waals surface area contributed by atoms with Gasteiger partial charge >= 0.3 is 5.97 Å². The molecular weight excluding hydrogens is 313 g/mol. The molecule has 128 valence electrons. The smallest absolute Gasteiger partial charge is 0.340 e. The first-order valence-corrected chi connectivity index (χ1v) is 7.57. The van der Waals surface area contributed by atoms with Gasteiger partial charge < -0.3 is 14.4 Å². The maximum atomic E-state index is 13.0. The lowest BCUT2D eigenvalue weighted by atomic mass is 10.0. The summed E-state index contributed by atoms with van der Waals surface area (Å²) < 4.78 is 22.9. The van der Waals surface area contributed by atoms with Crippen molar-refractivity contribution < 1.29 is 23.5 Å². The van der Waals surface area contributed by atoms with Crippen molar-refractivity contribution in [3.63, 3.8) is 0 Å². The Morgan fingerprint density at radius 3 is 2.50 bits per heavy atom. The summed E-state index contributed by atoms with van der Waals surface area (Å²) in [7, 11) is 2.87. The molecule has 1 aromatic carbocycles. The van der Waals surface area contributed by atoms with Crippen molar-refractivity contribution in [3.8, 4) is 0 Å². The highest BCUT2D eigenvalue weighted by Gasteiger charge is 2.36. The second-order valence-electron chi connectivity index (χ2n) is 5.36. The van der Waals surface area contributed by atoms with Crippen molar-refractivity contribution in [1.82, 2.24) is 4.90 Å². The Labute approximate surface area is 140 Å². The molecule has 0 bridgehead atoms. The Balaban J connectivity index is 2.39. The van der Waals surface area contributed by atoms with Crippen molar-refractivity contribution in [2.75, 3.05) is 27.4 Å². The van der Waals surface area contributed by atoms with Gasteiger partial charge in [-0.25, -0.2) is 9.18 Å². The van der Waals surface area contributed by atoms with Crippen LogP contribution in [0, 0.1) is 5.82 Å². The standard InChI is InChI=1S/C18H20FNO4/c1-12-16(18(22)24-3)15(11-13-5-7-14(19)8-6-13)17(21)20(12)9-4-10-23-2/h5-8,11H,4,9-10H2,1-3H3. The second kappa shape index (κ2) is 7.88. The summed E-state index contributed by atoms with van der Waals surface area (Å²) in [5.74, 6) is -1.20. The number of hydrogen-bond donors (Lipinski definition) is 0. The molecule has 1 aromatic rings. The van der Waals surface area contributed by atoms with Crippen molar-refractivity contribution in [3.05, 3.63) is 52.5 Å². The number of ether oxygens (including phenoxy) is 2. The highest BCUT2D eigenvalue weighted by atomic mass is 19.1. The summed E-state index contributed by atoms with van der Waals surface area (Å²) in [6, 6.07) is 5.70. The number of esters is 1. The van der Waals surface area contributed by atoms with Gasteiger partial charge in [0.15, 0.2) is 0 Å². The lowest BCUT2D eigenvalue weighted by molar-refractivity contribution is -0.136. The van der Waals surface area contributed by atoms with E-state index in [9.17, 15) is 14.0 Å². The molecule has 6 heteroatoms. The van der Waals surface area contributed by atoms with Crippen molar-refractivity contribution in [1.29, 1.82) is 0 Å². The van der Waals surface area contributed by atoms with E-state index in [4.69, 9.17) is 9.47 Å². The molecule has 0 aromatic heterocycles. The molecule has 0 unspecified atom stereocenters. The lowest BCUT2D eigenvalue weighted by Gasteiger charge is -2.17. The summed E-state index contributed by atoms with van der Waals surface area (Å²) in [6.45, 7) is 2.67. The fraction of sp³-hybridized carbons (Fsp3) is 0.333. The lowest BCUT2D eigenvalue weighted by Crippen LogP contribution is -2.26. The average Bonchev–Trinajstić information content (AvgIpc) is 2.80. The van der Waals surface area contributed by atoms with E-state index in [-0.39, 0.29) is 22.9 Å². The Morgan fingerprint density at radius 2 is 1.92 bits per heavy atom. The van der Waals surface area contributed by atoms with E-state index >= 15 is 0 Å². The topological polar surface area (TPSA) is 55.8 Å².